The van der Waals surface area contributed by atoms with Crippen molar-refractivity contribution in [2.45, 2.75) is 25.0 Å². The number of non-ortho nitro benzene ring substituents is 1. The molecule has 1 amide bonds. The fourth-order valence-corrected chi connectivity index (χ4v) is 2.95. The van der Waals surface area contributed by atoms with Crippen molar-refractivity contribution >= 4 is 17.3 Å². The summed E-state index contributed by atoms with van der Waals surface area (Å²) < 4.78 is 5.79. The summed E-state index contributed by atoms with van der Waals surface area (Å²) in [5, 5.41) is 13.8. The van der Waals surface area contributed by atoms with Crippen LogP contribution in [0.5, 0.6) is 0 Å². The van der Waals surface area contributed by atoms with Crippen molar-refractivity contribution in [1.82, 2.24) is 5.32 Å². The molecule has 0 aliphatic carbocycles. The standard InChI is InChI=1S/C18H19N3O4/c19-16-7-6-14(21(23)24)11-15(16)18(22)20-13-8-9-25-17(10-13)12-4-2-1-3-5-12/h1-7,11,13,17H,8-10,19H2,(H,20,22)/t13-,17-/m0/s1. The summed E-state index contributed by atoms with van der Waals surface area (Å²) in [5.74, 6) is -0.403. The van der Waals surface area contributed by atoms with Crippen molar-refractivity contribution < 1.29 is 14.5 Å². The highest BCUT2D eigenvalue weighted by molar-refractivity contribution is 5.99. The maximum absolute atomic E-state index is 12.5. The van der Waals surface area contributed by atoms with Crippen LogP contribution in [0, 0.1) is 10.1 Å². The summed E-state index contributed by atoms with van der Waals surface area (Å²) in [4.78, 5) is 22.8. The van der Waals surface area contributed by atoms with E-state index < -0.39 is 10.8 Å². The van der Waals surface area contributed by atoms with Gasteiger partial charge in [-0.1, -0.05) is 30.3 Å². The Hall–Kier alpha value is -2.93. The van der Waals surface area contributed by atoms with Crippen molar-refractivity contribution in [1.29, 1.82) is 0 Å². The van der Waals surface area contributed by atoms with Crippen LogP contribution < -0.4 is 11.1 Å². The number of benzene rings is 2. The first-order valence-corrected chi connectivity index (χ1v) is 8.06. The topological polar surface area (TPSA) is 107 Å². The number of nitrogens with zero attached hydrogens (tertiary/aromatic N) is 1. The van der Waals surface area contributed by atoms with Crippen LogP contribution in [0.15, 0.2) is 48.5 Å². The van der Waals surface area contributed by atoms with Gasteiger partial charge in [-0.15, -0.1) is 0 Å². The van der Waals surface area contributed by atoms with Crippen LogP contribution in [0.4, 0.5) is 11.4 Å². The molecule has 0 aromatic heterocycles. The van der Waals surface area contributed by atoms with Gasteiger partial charge in [0.15, 0.2) is 0 Å². The van der Waals surface area contributed by atoms with Crippen LogP contribution in [0.2, 0.25) is 0 Å². The van der Waals surface area contributed by atoms with Crippen LogP contribution in [0.3, 0.4) is 0 Å². The van der Waals surface area contributed by atoms with E-state index in [1.807, 2.05) is 30.3 Å². The number of nitrogens with two attached hydrogens (primary N) is 1. The molecule has 1 aliphatic heterocycles. The lowest BCUT2D eigenvalue weighted by molar-refractivity contribution is -0.384. The molecule has 0 spiro atoms. The first kappa shape index (κ1) is 16.9. The molecular weight excluding hydrogens is 322 g/mol. The van der Waals surface area contributed by atoms with E-state index in [4.69, 9.17) is 10.5 Å². The van der Waals surface area contributed by atoms with Crippen LogP contribution in [0.25, 0.3) is 0 Å². The molecule has 2 aromatic carbocycles. The number of anilines is 1. The molecule has 130 valence electrons. The minimum Gasteiger partial charge on any atom is -0.398 e. The van der Waals surface area contributed by atoms with E-state index >= 15 is 0 Å². The highest BCUT2D eigenvalue weighted by Crippen LogP contribution is 2.28. The highest BCUT2D eigenvalue weighted by Gasteiger charge is 2.26. The Balaban J connectivity index is 1.70. The van der Waals surface area contributed by atoms with Gasteiger partial charge >= 0.3 is 0 Å². The minimum atomic E-state index is -0.546. The average Bonchev–Trinajstić information content (AvgIpc) is 2.62. The molecule has 3 rings (SSSR count). The normalized spacial score (nSPS) is 20.0. The fourth-order valence-electron chi connectivity index (χ4n) is 2.95. The number of nitro groups is 1. The third-order valence-corrected chi connectivity index (χ3v) is 4.28. The first-order chi connectivity index (χ1) is 12.0. The van der Waals surface area contributed by atoms with Crippen LogP contribution in [-0.4, -0.2) is 23.5 Å². The maximum atomic E-state index is 12.5. The molecule has 0 radical (unpaired) electrons. The smallest absolute Gasteiger partial charge is 0.270 e. The van der Waals surface area contributed by atoms with Crippen molar-refractivity contribution in [2.75, 3.05) is 12.3 Å². The largest absolute Gasteiger partial charge is 0.398 e. The predicted octanol–water partition coefficient (Wildman–Crippen LogP) is 2.83. The molecule has 2 atom stereocenters. The summed E-state index contributed by atoms with van der Waals surface area (Å²) in [6.07, 6.45) is 1.25. The zero-order chi connectivity index (χ0) is 17.8. The van der Waals surface area contributed by atoms with Gasteiger partial charge in [0, 0.05) is 30.5 Å². The number of hydrogen-bond acceptors (Lipinski definition) is 5. The van der Waals surface area contributed by atoms with Gasteiger partial charge in [0.1, 0.15) is 0 Å². The lowest BCUT2D eigenvalue weighted by atomic mass is 9.97. The van der Waals surface area contributed by atoms with E-state index in [1.54, 1.807) is 0 Å². The van der Waals surface area contributed by atoms with Gasteiger partial charge in [0.2, 0.25) is 0 Å². The third-order valence-electron chi connectivity index (χ3n) is 4.28. The lowest BCUT2D eigenvalue weighted by Crippen LogP contribution is -2.40. The minimum absolute atomic E-state index is 0.0786. The second-order valence-corrected chi connectivity index (χ2v) is 5.99. The van der Waals surface area contributed by atoms with Gasteiger partial charge in [0.05, 0.1) is 16.6 Å². The molecule has 1 heterocycles. The monoisotopic (exact) mass is 341 g/mol. The zero-order valence-corrected chi connectivity index (χ0v) is 13.6. The Bertz CT molecular complexity index is 779. The summed E-state index contributed by atoms with van der Waals surface area (Å²) in [6, 6.07) is 13.6. The van der Waals surface area contributed by atoms with E-state index in [9.17, 15) is 14.9 Å². The van der Waals surface area contributed by atoms with E-state index in [0.29, 0.717) is 19.4 Å². The number of ether oxygens (including phenoxy) is 1. The molecule has 1 saturated heterocycles. The average molecular weight is 341 g/mol. The molecule has 2 aromatic rings. The summed E-state index contributed by atoms with van der Waals surface area (Å²) in [7, 11) is 0. The molecule has 7 heteroatoms. The van der Waals surface area contributed by atoms with Gasteiger partial charge in [0.25, 0.3) is 11.6 Å². The van der Waals surface area contributed by atoms with E-state index in [0.717, 1.165) is 5.56 Å². The molecule has 0 unspecified atom stereocenters. The van der Waals surface area contributed by atoms with Gasteiger partial charge < -0.3 is 15.8 Å². The zero-order valence-electron chi connectivity index (χ0n) is 13.6. The Morgan fingerprint density at radius 3 is 2.72 bits per heavy atom. The van der Waals surface area contributed by atoms with Crippen molar-refractivity contribution in [3.8, 4) is 0 Å². The summed E-state index contributed by atoms with van der Waals surface area (Å²) in [6.45, 7) is 0.537. The molecule has 0 bridgehead atoms. The lowest BCUT2D eigenvalue weighted by Gasteiger charge is -2.30. The predicted molar refractivity (Wildman–Crippen MR) is 93.1 cm³/mol. The molecule has 0 saturated carbocycles. The second kappa shape index (κ2) is 7.31. The van der Waals surface area contributed by atoms with E-state index in [1.165, 1.54) is 18.2 Å². The SMILES string of the molecule is Nc1ccc([N+](=O)[O-])cc1C(=O)N[C@H]1CCO[C@H](c2ccccc2)C1. The van der Waals surface area contributed by atoms with Crippen LogP contribution in [-0.2, 0) is 4.74 Å². The Kier molecular flexibility index (Phi) is 4.95. The number of amides is 1. The number of carbonyl (C=O) groups is 1. The maximum Gasteiger partial charge on any atom is 0.270 e. The van der Waals surface area contributed by atoms with Gasteiger partial charge in [-0.2, -0.15) is 0 Å². The van der Waals surface area contributed by atoms with E-state index in [2.05, 4.69) is 5.32 Å². The molecule has 3 N–H and O–H groups in total. The van der Waals surface area contributed by atoms with Gasteiger partial charge in [-0.05, 0) is 24.5 Å². The van der Waals surface area contributed by atoms with Crippen molar-refractivity contribution in [3.63, 3.8) is 0 Å². The first-order valence-electron chi connectivity index (χ1n) is 8.06. The van der Waals surface area contributed by atoms with Crippen LogP contribution in [0.1, 0.15) is 34.9 Å². The Morgan fingerprint density at radius 1 is 1.24 bits per heavy atom. The quantitative estimate of drug-likeness (QED) is 0.505. The van der Waals surface area contributed by atoms with Crippen molar-refractivity contribution in [3.05, 3.63) is 69.8 Å². The molecular formula is C18H19N3O4. The summed E-state index contributed by atoms with van der Waals surface area (Å²) >= 11 is 0. The molecule has 1 aliphatic rings. The number of nitro benzene ring substituents is 1. The number of nitrogens with one attached hydrogen (secondary N) is 1. The van der Waals surface area contributed by atoms with Crippen LogP contribution >= 0.6 is 0 Å². The second-order valence-electron chi connectivity index (χ2n) is 5.99. The number of hydrogen-bond donors (Lipinski definition) is 2. The molecule has 7 nitrogen and oxygen atoms in total. The number of nitrogen functional groups attached to an aromatic ring is 1. The molecule has 25 heavy (non-hydrogen) atoms. The number of rotatable bonds is 4. The van der Waals surface area contributed by atoms with Crippen molar-refractivity contribution in [2.24, 2.45) is 0 Å². The van der Waals surface area contributed by atoms with Gasteiger partial charge in [-0.3, -0.25) is 14.9 Å². The fraction of sp³-hybridized carbons (Fsp3) is 0.278. The van der Waals surface area contributed by atoms with E-state index in [-0.39, 0.29) is 29.1 Å². The number of carbonyl (C=O) groups excluding carboxylic acids is 1. The highest BCUT2D eigenvalue weighted by atomic mass is 16.6. The summed E-state index contributed by atoms with van der Waals surface area (Å²) in [5.41, 5.74) is 7.05. The third kappa shape index (κ3) is 3.95. The Labute approximate surface area is 144 Å². The van der Waals surface area contributed by atoms with Gasteiger partial charge in [-0.25, -0.2) is 0 Å². The molecule has 1 fully saturated rings. The Morgan fingerprint density at radius 2 is 2.00 bits per heavy atom.